The first kappa shape index (κ1) is 19.1. The van der Waals surface area contributed by atoms with Crippen LogP contribution in [0.4, 0.5) is 0 Å². The van der Waals surface area contributed by atoms with E-state index in [1.54, 1.807) is 0 Å². The van der Waals surface area contributed by atoms with E-state index in [0.29, 0.717) is 17.8 Å². The van der Waals surface area contributed by atoms with E-state index in [1.807, 2.05) is 4.90 Å². The fourth-order valence-corrected chi connectivity index (χ4v) is 8.89. The summed E-state index contributed by atoms with van der Waals surface area (Å²) in [5.74, 6) is 0.860. The van der Waals surface area contributed by atoms with Gasteiger partial charge in [0.1, 0.15) is 12.1 Å². The van der Waals surface area contributed by atoms with Crippen molar-refractivity contribution in [3.63, 3.8) is 0 Å². The second kappa shape index (κ2) is 6.20. The van der Waals surface area contributed by atoms with Gasteiger partial charge in [-0.15, -0.1) is 0 Å². The van der Waals surface area contributed by atoms with Crippen LogP contribution in [0.3, 0.4) is 0 Å². The summed E-state index contributed by atoms with van der Waals surface area (Å²) in [6.07, 6.45) is 9.64. The Morgan fingerprint density at radius 2 is 1.87 bits per heavy atom. The molecule has 7 heteroatoms. The number of hydrogen-bond acceptors (Lipinski definition) is 5. The normalized spacial score (nSPS) is 49.7. The van der Waals surface area contributed by atoms with Crippen LogP contribution >= 0.6 is 0 Å². The Morgan fingerprint density at radius 1 is 1.13 bits per heavy atom. The molecule has 1 amide bonds. The molecule has 0 radical (unpaired) electrons. The molecule has 2 heterocycles. The van der Waals surface area contributed by atoms with Crippen molar-refractivity contribution in [2.75, 3.05) is 6.54 Å². The number of rotatable bonds is 4. The lowest BCUT2D eigenvalue weighted by Gasteiger charge is -2.66. The highest BCUT2D eigenvalue weighted by Crippen LogP contribution is 2.65. The number of likely N-dealkylation sites (tertiary alicyclic amines) is 2. The largest absolute Gasteiger partial charge is 0.480 e. The van der Waals surface area contributed by atoms with Crippen molar-refractivity contribution in [3.05, 3.63) is 0 Å². The number of carboxylic acids is 1. The number of fused-ring (bicyclic) bond motifs is 1. The molecular formula is C23H32N4O3. The van der Waals surface area contributed by atoms with E-state index in [1.165, 1.54) is 6.42 Å². The summed E-state index contributed by atoms with van der Waals surface area (Å²) in [5, 5.41) is 19.4. The van der Waals surface area contributed by atoms with E-state index in [0.717, 1.165) is 64.3 Å². The maximum absolute atomic E-state index is 13.6. The summed E-state index contributed by atoms with van der Waals surface area (Å²) >= 11 is 0. The first-order valence-corrected chi connectivity index (χ1v) is 11.8. The maximum Gasteiger partial charge on any atom is 0.320 e. The number of nitrogens with zero attached hydrogens (tertiary/aromatic N) is 3. The number of carbonyl (C=O) groups is 2. The standard InChI is InChI=1S/C23H32N4O3/c24-11-16-5-15-6-18(15)27(16)20(28)19(25)22-7-13-4-14(8-22)10-23(9-13,12-22)26-3-1-2-17(26)21(29)30/h13-19H,1-10,12,25H2,(H,29,30)/t13-,14?,15?,16-,17-,18?,19+,22?,23?/m0/s1. The highest BCUT2D eigenvalue weighted by molar-refractivity contribution is 5.84. The van der Waals surface area contributed by atoms with Gasteiger partial charge in [0.05, 0.1) is 12.1 Å². The second-order valence-electron chi connectivity index (χ2n) is 11.4. The summed E-state index contributed by atoms with van der Waals surface area (Å²) in [7, 11) is 0. The van der Waals surface area contributed by atoms with Gasteiger partial charge in [-0.05, 0) is 93.9 Å². The minimum atomic E-state index is -0.702. The van der Waals surface area contributed by atoms with E-state index < -0.39 is 12.0 Å². The maximum atomic E-state index is 13.6. The Labute approximate surface area is 177 Å². The van der Waals surface area contributed by atoms with Crippen molar-refractivity contribution >= 4 is 11.9 Å². The lowest BCUT2D eigenvalue weighted by atomic mass is 9.44. The summed E-state index contributed by atoms with van der Waals surface area (Å²) in [6, 6.07) is 1.29. The summed E-state index contributed by atoms with van der Waals surface area (Å²) in [5.41, 5.74) is 6.47. The zero-order chi connectivity index (χ0) is 20.8. The number of carbonyl (C=O) groups excluding carboxylic acids is 1. The summed E-state index contributed by atoms with van der Waals surface area (Å²) < 4.78 is 0. The molecule has 30 heavy (non-hydrogen) atoms. The van der Waals surface area contributed by atoms with Gasteiger partial charge in [-0.1, -0.05) is 0 Å². The molecule has 162 valence electrons. The minimum Gasteiger partial charge on any atom is -0.480 e. The zero-order valence-corrected chi connectivity index (χ0v) is 17.5. The van der Waals surface area contributed by atoms with Crippen LogP contribution in [0.15, 0.2) is 0 Å². The SMILES string of the molecule is N#C[C@@H]1CC2CC2N1C(=O)[C@@H](N)C12CC3C[C@@H](C1)CC(N1CCC[C@H]1C(=O)O)(C3)C2. The molecule has 3 N–H and O–H groups in total. The Bertz CT molecular complexity index is 823. The van der Waals surface area contributed by atoms with Crippen LogP contribution in [-0.2, 0) is 9.59 Å². The summed E-state index contributed by atoms with van der Waals surface area (Å²) in [4.78, 5) is 29.7. The van der Waals surface area contributed by atoms with Crippen LogP contribution in [0.1, 0.15) is 64.2 Å². The number of carboxylic acid groups (broad SMARTS) is 1. The van der Waals surface area contributed by atoms with Crippen LogP contribution in [0.25, 0.3) is 0 Å². The van der Waals surface area contributed by atoms with E-state index >= 15 is 0 Å². The first-order chi connectivity index (χ1) is 14.4. The van der Waals surface area contributed by atoms with Gasteiger partial charge in [0, 0.05) is 11.6 Å². The average Bonchev–Trinajstić information content (AvgIpc) is 3.14. The molecule has 0 aromatic rings. The average molecular weight is 413 g/mol. The smallest absolute Gasteiger partial charge is 0.320 e. The Hall–Kier alpha value is -1.65. The number of piperidine rings is 1. The molecule has 7 nitrogen and oxygen atoms in total. The van der Waals surface area contributed by atoms with Gasteiger partial charge < -0.3 is 15.7 Å². The molecule has 7 fully saturated rings. The molecule has 5 unspecified atom stereocenters. The number of nitrogens with two attached hydrogens (primary N) is 1. The highest BCUT2D eigenvalue weighted by Gasteiger charge is 2.65. The fourth-order valence-electron chi connectivity index (χ4n) is 8.89. The van der Waals surface area contributed by atoms with Gasteiger partial charge in [-0.2, -0.15) is 5.26 Å². The third kappa shape index (κ3) is 2.50. The summed E-state index contributed by atoms with van der Waals surface area (Å²) in [6.45, 7) is 0.849. The van der Waals surface area contributed by atoms with Gasteiger partial charge in [0.2, 0.25) is 5.91 Å². The molecule has 4 bridgehead atoms. The molecular weight excluding hydrogens is 380 g/mol. The lowest BCUT2D eigenvalue weighted by molar-refractivity contribution is -0.169. The van der Waals surface area contributed by atoms with Crippen molar-refractivity contribution in [2.24, 2.45) is 28.9 Å². The van der Waals surface area contributed by atoms with E-state index in [9.17, 15) is 20.0 Å². The van der Waals surface area contributed by atoms with Gasteiger partial charge in [0.25, 0.3) is 0 Å². The van der Waals surface area contributed by atoms with Crippen LogP contribution in [0, 0.1) is 34.5 Å². The number of aliphatic carboxylic acids is 1. The van der Waals surface area contributed by atoms with Crippen molar-refractivity contribution in [1.82, 2.24) is 9.80 Å². The monoisotopic (exact) mass is 412 g/mol. The third-order valence-corrected chi connectivity index (χ3v) is 9.66. The van der Waals surface area contributed by atoms with Crippen molar-refractivity contribution in [3.8, 4) is 6.07 Å². The molecule has 5 aliphatic carbocycles. The predicted molar refractivity (Wildman–Crippen MR) is 108 cm³/mol. The van der Waals surface area contributed by atoms with Gasteiger partial charge in [0.15, 0.2) is 0 Å². The quantitative estimate of drug-likeness (QED) is 0.727. The molecule has 2 aliphatic heterocycles. The zero-order valence-electron chi connectivity index (χ0n) is 17.5. The topological polar surface area (TPSA) is 111 Å². The lowest BCUT2D eigenvalue weighted by Crippen LogP contribution is -2.69. The Balaban J connectivity index is 1.31. The Morgan fingerprint density at radius 3 is 2.53 bits per heavy atom. The van der Waals surface area contributed by atoms with Crippen LogP contribution in [0.2, 0.25) is 0 Å². The van der Waals surface area contributed by atoms with Crippen molar-refractivity contribution in [2.45, 2.75) is 93.9 Å². The molecule has 0 spiro atoms. The Kier molecular flexibility index (Phi) is 3.94. The van der Waals surface area contributed by atoms with E-state index in [2.05, 4.69) is 11.0 Å². The fraction of sp³-hybridized carbons (Fsp3) is 0.870. The molecule has 7 aliphatic rings. The van der Waals surface area contributed by atoms with Crippen LogP contribution in [0.5, 0.6) is 0 Å². The van der Waals surface area contributed by atoms with Crippen LogP contribution < -0.4 is 5.73 Å². The molecule has 7 rings (SSSR count). The van der Waals surface area contributed by atoms with E-state index in [-0.39, 0.29) is 35.0 Å². The minimum absolute atomic E-state index is 0.0140. The van der Waals surface area contributed by atoms with Crippen LogP contribution in [-0.4, -0.2) is 63.0 Å². The number of nitriles is 1. The first-order valence-electron chi connectivity index (χ1n) is 11.8. The highest BCUT2D eigenvalue weighted by atomic mass is 16.4. The second-order valence-corrected chi connectivity index (χ2v) is 11.4. The third-order valence-electron chi connectivity index (χ3n) is 9.66. The van der Waals surface area contributed by atoms with Crippen molar-refractivity contribution < 1.29 is 14.7 Å². The molecule has 9 atom stereocenters. The van der Waals surface area contributed by atoms with Gasteiger partial charge in [-0.3, -0.25) is 14.5 Å². The molecule has 0 aromatic heterocycles. The molecule has 5 saturated carbocycles. The van der Waals surface area contributed by atoms with Gasteiger partial charge in [-0.25, -0.2) is 0 Å². The van der Waals surface area contributed by atoms with Crippen molar-refractivity contribution in [1.29, 1.82) is 5.26 Å². The predicted octanol–water partition coefficient (Wildman–Crippen LogP) is 1.71. The molecule has 0 aromatic carbocycles. The van der Waals surface area contributed by atoms with E-state index in [4.69, 9.17) is 5.73 Å². The van der Waals surface area contributed by atoms with Gasteiger partial charge >= 0.3 is 5.97 Å². The molecule has 2 saturated heterocycles. The number of hydrogen-bond donors (Lipinski definition) is 2. The number of amides is 1.